The molecule has 6 fully saturated rings. The Morgan fingerprint density at radius 2 is 0.854 bits per heavy atom. The lowest BCUT2D eigenvalue weighted by atomic mass is 9.95. The van der Waals surface area contributed by atoms with Gasteiger partial charge < -0.3 is 154 Å². The zero-order chi connectivity index (χ0) is 74.1. The number of sulfonamides is 1. The van der Waals surface area contributed by atoms with E-state index in [0.29, 0.717) is 23.3 Å². The third-order valence-electron chi connectivity index (χ3n) is 19.0. The largest absolute Gasteiger partial charge is 0.394 e. The van der Waals surface area contributed by atoms with Gasteiger partial charge in [-0.3, -0.25) is 0 Å². The van der Waals surface area contributed by atoms with Crippen molar-refractivity contribution < 1.29 is 157 Å². The van der Waals surface area contributed by atoms with Gasteiger partial charge in [-0.05, 0) is 58.9 Å². The van der Waals surface area contributed by atoms with Gasteiger partial charge in [0.1, 0.15) is 152 Å². The summed E-state index contributed by atoms with van der Waals surface area (Å²) >= 11 is 2.77. The van der Waals surface area contributed by atoms with Gasteiger partial charge in [0.05, 0.1) is 51.1 Å². The molecule has 103 heavy (non-hydrogen) atoms. The molecule has 4 aromatic carbocycles. The number of unbranched alkanes of at least 4 members (excludes halogenated alkanes) is 2. The standard InChI is InChI=1S/C66H96N2O32S3/c1-68(2)35-14-8-13-34-33(35)12-9-15-42(34)103(87,88)67-18-21-101-19-6-3-7-20-102-66-55(86)49(80)60(40(27-73)95-66)100-65-54(85)48(79)59(39(26-72)93-65)99-64-53(84)47(78)58(38(25-71)92-64)98-63-52(83)46(77)57(37(24-70)91-63)97-62-51(82)45(76)56(36(23-69)90-62)96-61-50(81)44(75)43(74)41(94-61)29-89-28-30-16-17-31-10-4-5-11-32(31)22-30/h4-5,8-17,22,36-41,43-67,69-86H,3,6-7,18-21,23-29H2,1-2H3/t36-,37-,38-,39-,40-,41-,43-,44+,45-,46-,47-,48-,49-,50-,51-,52-,53-,54-,55-,56-,57-,58-,59-,60-,61-,62-,63-,64-,65-,66+/m1/s1. The van der Waals surface area contributed by atoms with Crippen molar-refractivity contribution in [2.45, 2.75) is 214 Å². The molecule has 19 N–H and O–H groups in total. The second kappa shape index (κ2) is 37.3. The van der Waals surface area contributed by atoms with Crippen molar-refractivity contribution in [2.75, 3.05) is 82.4 Å². The van der Waals surface area contributed by atoms with Crippen LogP contribution < -0.4 is 9.62 Å². The molecule has 4 aromatic rings. The van der Waals surface area contributed by atoms with E-state index in [0.717, 1.165) is 46.0 Å². The van der Waals surface area contributed by atoms with E-state index >= 15 is 0 Å². The predicted molar refractivity (Wildman–Crippen MR) is 361 cm³/mol. The molecule has 0 radical (unpaired) electrons. The Labute approximate surface area is 601 Å². The molecule has 0 amide bonds. The van der Waals surface area contributed by atoms with E-state index in [9.17, 15) is 100 Å². The highest BCUT2D eigenvalue weighted by atomic mass is 32.2. The van der Waals surface area contributed by atoms with Gasteiger partial charge in [-0.15, -0.1) is 11.8 Å². The second-order valence-corrected chi connectivity index (χ2v) is 30.4. The SMILES string of the molecule is CN(C)c1cccc2c(S(=O)(=O)NCCSCCCCCS[C@@H]3O[C@H](CO)[C@@H](O[C@H]4O[C@H](CO)[C@@H](O[C@H]5O[C@H](CO)[C@@H](O[C@H]6O[C@H](CO)[C@@H](O[C@H]7O[C@H](CO)[C@@H](O[C@H]8O[C@H](COCc9ccc%10ccccc%10c9)[C@@H](O)[C@H](O)[C@H]8O)[C@H](O)[C@H]7O)[C@H](O)[C@H]6O)[C@H](O)[C@H]5O)[C@H](O)[C@H]4O)[C@H](O)[C@H]3O)cccc12. The van der Waals surface area contributed by atoms with E-state index in [1.165, 1.54) is 11.8 Å². The minimum absolute atomic E-state index is 0.0638. The number of aliphatic hydroxyl groups is 18. The number of thioether (sulfide) groups is 2. The zero-order valence-electron chi connectivity index (χ0n) is 56.2. The summed E-state index contributed by atoms with van der Waals surface area (Å²) in [5, 5.41) is 202. The molecule has 34 nitrogen and oxygen atoms in total. The van der Waals surface area contributed by atoms with Crippen molar-refractivity contribution in [3.8, 4) is 0 Å². The Morgan fingerprint density at radius 3 is 1.34 bits per heavy atom. The summed E-state index contributed by atoms with van der Waals surface area (Å²) in [7, 11) is 0.00405. The average molecular weight is 1530 g/mol. The maximum atomic E-state index is 13.3. The first-order chi connectivity index (χ1) is 49.3. The lowest BCUT2D eigenvalue weighted by Gasteiger charge is -2.50. The third kappa shape index (κ3) is 18.9. The van der Waals surface area contributed by atoms with Crippen LogP contribution in [0.1, 0.15) is 24.8 Å². The summed E-state index contributed by atoms with van der Waals surface area (Å²) in [6, 6.07) is 24.0. The van der Waals surface area contributed by atoms with E-state index in [1.54, 1.807) is 30.0 Å². The normalized spacial score (nSPS) is 39.0. The van der Waals surface area contributed by atoms with Gasteiger partial charge in [-0.25, -0.2) is 13.1 Å². The van der Waals surface area contributed by atoms with Crippen LogP contribution in [-0.2, 0) is 73.5 Å². The molecule has 6 heterocycles. The molecule has 0 bridgehead atoms. The van der Waals surface area contributed by atoms with Gasteiger partial charge in [-0.1, -0.05) is 67.1 Å². The van der Waals surface area contributed by atoms with Gasteiger partial charge >= 0.3 is 0 Å². The van der Waals surface area contributed by atoms with Gasteiger partial charge in [0.15, 0.2) is 31.5 Å². The maximum absolute atomic E-state index is 13.3. The fourth-order valence-electron chi connectivity index (χ4n) is 13.3. The summed E-state index contributed by atoms with van der Waals surface area (Å²) in [4.78, 5) is 2.13. The van der Waals surface area contributed by atoms with Gasteiger partial charge in [-0.2, -0.15) is 11.8 Å². The highest BCUT2D eigenvalue weighted by Crippen LogP contribution is 2.39. The Bertz CT molecular complexity index is 3390. The van der Waals surface area contributed by atoms with Crippen LogP contribution in [0.5, 0.6) is 0 Å². The molecule has 0 unspecified atom stereocenters. The van der Waals surface area contributed by atoms with Crippen molar-refractivity contribution in [2.24, 2.45) is 0 Å². The number of rotatable bonds is 32. The molecule has 6 saturated heterocycles. The van der Waals surface area contributed by atoms with E-state index in [-0.39, 0.29) is 24.7 Å². The maximum Gasteiger partial charge on any atom is 0.241 e. The van der Waals surface area contributed by atoms with Crippen LogP contribution in [0.25, 0.3) is 21.5 Å². The van der Waals surface area contributed by atoms with Crippen molar-refractivity contribution >= 4 is 60.8 Å². The highest BCUT2D eigenvalue weighted by Gasteiger charge is 2.58. The molecule has 0 aromatic heterocycles. The predicted octanol–water partition coefficient (Wildman–Crippen LogP) is -5.88. The van der Waals surface area contributed by atoms with Crippen molar-refractivity contribution in [1.29, 1.82) is 0 Å². The van der Waals surface area contributed by atoms with Crippen LogP contribution >= 0.6 is 23.5 Å². The van der Waals surface area contributed by atoms with E-state index in [1.807, 2.05) is 79.7 Å². The van der Waals surface area contributed by atoms with Crippen LogP contribution in [0.3, 0.4) is 0 Å². The molecule has 6 aliphatic heterocycles. The number of hydrogen-bond donors (Lipinski definition) is 19. The Kier molecular flexibility index (Phi) is 29.8. The number of hydrogen-bond acceptors (Lipinski definition) is 35. The van der Waals surface area contributed by atoms with Crippen molar-refractivity contribution in [3.63, 3.8) is 0 Å². The first-order valence-corrected chi connectivity index (χ1v) is 37.6. The summed E-state index contributed by atoms with van der Waals surface area (Å²) in [6.07, 6.45) is -51.6. The molecule has 37 heteroatoms. The smallest absolute Gasteiger partial charge is 0.241 e. The molecule has 0 saturated carbocycles. The van der Waals surface area contributed by atoms with E-state index in [4.69, 9.17) is 56.8 Å². The molecule has 580 valence electrons. The summed E-state index contributed by atoms with van der Waals surface area (Å²) in [6.45, 7) is -4.76. The minimum Gasteiger partial charge on any atom is -0.394 e. The first kappa shape index (κ1) is 82.1. The number of anilines is 1. The number of benzene rings is 4. The Balaban J connectivity index is 0.658. The van der Waals surface area contributed by atoms with Crippen LogP contribution in [-0.4, -0.2) is 361 Å². The summed E-state index contributed by atoms with van der Waals surface area (Å²) < 4.78 is 98.8. The van der Waals surface area contributed by atoms with Gasteiger partial charge in [0.2, 0.25) is 10.0 Å². The van der Waals surface area contributed by atoms with Crippen LogP contribution in [0.4, 0.5) is 5.69 Å². The lowest BCUT2D eigenvalue weighted by molar-refractivity contribution is -0.395. The zero-order valence-corrected chi connectivity index (χ0v) is 58.6. The van der Waals surface area contributed by atoms with E-state index < -0.39 is 226 Å². The Morgan fingerprint density at radius 1 is 0.427 bits per heavy atom. The van der Waals surface area contributed by atoms with Crippen LogP contribution in [0, 0.1) is 0 Å². The molecule has 0 spiro atoms. The molecule has 10 rings (SSSR count). The van der Waals surface area contributed by atoms with Gasteiger partial charge in [0, 0.05) is 42.9 Å². The summed E-state index contributed by atoms with van der Waals surface area (Å²) in [5.74, 6) is 1.77. The monoisotopic (exact) mass is 1520 g/mol. The average Bonchev–Trinajstić information content (AvgIpc) is 0.802. The third-order valence-corrected chi connectivity index (χ3v) is 22.8. The molecular weight excluding hydrogens is 1430 g/mol. The number of aliphatic hydroxyl groups excluding tert-OH is 18. The van der Waals surface area contributed by atoms with Crippen molar-refractivity contribution in [3.05, 3.63) is 84.4 Å². The quantitative estimate of drug-likeness (QED) is 0.0203. The summed E-state index contributed by atoms with van der Waals surface area (Å²) in [5.41, 5.74) is 0.639. The first-order valence-electron chi connectivity index (χ1n) is 33.9. The number of fused-ring (bicyclic) bond motifs is 2. The van der Waals surface area contributed by atoms with Crippen LogP contribution in [0.2, 0.25) is 0 Å². The number of nitrogens with one attached hydrogen (secondary N) is 1. The molecule has 6 aliphatic rings. The number of ether oxygens (including phenoxy) is 12. The fourth-order valence-corrected chi connectivity index (χ4v) is 16.7. The van der Waals surface area contributed by atoms with Crippen LogP contribution in [0.15, 0.2) is 83.8 Å². The minimum atomic E-state index is -3.78. The van der Waals surface area contributed by atoms with Crippen molar-refractivity contribution in [1.82, 2.24) is 4.72 Å². The number of nitrogens with zero attached hydrogens (tertiary/aromatic N) is 1. The van der Waals surface area contributed by atoms with E-state index in [2.05, 4.69) is 4.72 Å². The second-order valence-electron chi connectivity index (χ2n) is 26.2. The molecular formula is C66H96N2O32S3. The highest BCUT2D eigenvalue weighted by molar-refractivity contribution is 7.99. The fraction of sp³-hybridized carbons (Fsp3) is 0.697. The topological polar surface area (TPSA) is 524 Å². The lowest BCUT2D eigenvalue weighted by Crippen LogP contribution is -2.68. The van der Waals surface area contributed by atoms with Gasteiger partial charge in [0.25, 0.3) is 0 Å². The Hall–Kier alpha value is -3.39. The molecule has 0 aliphatic carbocycles. The molecule has 30 atom stereocenters.